The molecule has 0 spiro atoms. The maximum Gasteiger partial charge on any atom is 0.0930 e. The first-order valence-electron chi connectivity index (χ1n) is 2.95. The van der Waals surface area contributed by atoms with Crippen molar-refractivity contribution in [3.63, 3.8) is 0 Å². The van der Waals surface area contributed by atoms with Gasteiger partial charge in [0.25, 0.3) is 0 Å². The Balaban J connectivity index is 3.35. The van der Waals surface area contributed by atoms with E-state index in [-0.39, 0.29) is 12.6 Å². The van der Waals surface area contributed by atoms with Crippen LogP contribution in [0, 0.1) is 13.0 Å². The molecule has 1 atom stereocenters. The molecule has 0 aromatic carbocycles. The molecule has 2 nitrogen and oxygen atoms in total. The predicted octanol–water partition coefficient (Wildman–Crippen LogP) is -0.642. The van der Waals surface area contributed by atoms with E-state index in [0.29, 0.717) is 5.92 Å². The minimum absolute atomic E-state index is 0.223. The van der Waals surface area contributed by atoms with Gasteiger partial charge in [-0.05, 0) is 0 Å². The van der Waals surface area contributed by atoms with Gasteiger partial charge in [-0.2, -0.15) is 7.05 Å². The van der Waals surface area contributed by atoms with Crippen molar-refractivity contribution in [2.45, 2.75) is 19.9 Å². The van der Waals surface area contributed by atoms with Crippen LogP contribution in [-0.4, -0.2) is 17.8 Å². The van der Waals surface area contributed by atoms with Gasteiger partial charge in [0.15, 0.2) is 0 Å². The molecular formula is C6H15NO. The minimum atomic E-state index is 0.223. The Bertz CT molecular complexity index is 50.5. The first kappa shape index (κ1) is 7.92. The fourth-order valence-electron chi connectivity index (χ4n) is 0.558. The van der Waals surface area contributed by atoms with Gasteiger partial charge in [0.1, 0.15) is 0 Å². The number of rotatable bonds is 3. The molecule has 0 aromatic heterocycles. The first-order chi connectivity index (χ1) is 3.72. The Morgan fingerprint density at radius 2 is 2.12 bits per heavy atom. The SMILES string of the molecule is [CH2-][NH2+][C@@H](CO)C(C)C. The van der Waals surface area contributed by atoms with Gasteiger partial charge in [-0.1, -0.05) is 13.8 Å². The molecule has 50 valence electrons. The third-order valence-corrected chi connectivity index (χ3v) is 1.37. The highest BCUT2D eigenvalue weighted by Gasteiger charge is 2.08. The molecule has 0 radical (unpaired) electrons. The fourth-order valence-corrected chi connectivity index (χ4v) is 0.558. The lowest BCUT2D eigenvalue weighted by molar-refractivity contribution is -0.642. The molecular weight excluding hydrogens is 102 g/mol. The maximum absolute atomic E-state index is 8.63. The summed E-state index contributed by atoms with van der Waals surface area (Å²) in [6, 6.07) is 0.273. The lowest BCUT2D eigenvalue weighted by Gasteiger charge is -2.16. The number of aliphatic hydroxyl groups excluding tert-OH is 1. The van der Waals surface area contributed by atoms with Gasteiger partial charge in [0, 0.05) is 5.92 Å². The van der Waals surface area contributed by atoms with E-state index in [9.17, 15) is 0 Å². The summed E-state index contributed by atoms with van der Waals surface area (Å²) in [6.45, 7) is 4.37. The monoisotopic (exact) mass is 117 g/mol. The third-order valence-electron chi connectivity index (χ3n) is 1.37. The molecule has 0 unspecified atom stereocenters. The lowest BCUT2D eigenvalue weighted by Crippen LogP contribution is -2.86. The van der Waals surface area contributed by atoms with Crippen molar-refractivity contribution in [1.82, 2.24) is 0 Å². The zero-order chi connectivity index (χ0) is 6.57. The molecule has 0 rings (SSSR count). The van der Waals surface area contributed by atoms with Gasteiger partial charge in [0.05, 0.1) is 12.6 Å². The Hall–Kier alpha value is -0.0800. The van der Waals surface area contributed by atoms with Crippen molar-refractivity contribution >= 4 is 0 Å². The van der Waals surface area contributed by atoms with Crippen LogP contribution >= 0.6 is 0 Å². The largest absolute Gasteiger partial charge is 0.474 e. The molecule has 0 aliphatic carbocycles. The second-order valence-corrected chi connectivity index (χ2v) is 2.33. The molecule has 3 N–H and O–H groups in total. The van der Waals surface area contributed by atoms with Crippen LogP contribution in [0.5, 0.6) is 0 Å². The van der Waals surface area contributed by atoms with Crippen molar-refractivity contribution in [3.8, 4) is 0 Å². The van der Waals surface area contributed by atoms with Crippen LogP contribution in [0.2, 0.25) is 0 Å². The van der Waals surface area contributed by atoms with Crippen LogP contribution in [-0.2, 0) is 0 Å². The summed E-state index contributed by atoms with van der Waals surface area (Å²) in [5.74, 6) is 0.512. The van der Waals surface area contributed by atoms with E-state index < -0.39 is 0 Å². The minimum Gasteiger partial charge on any atom is -0.474 e. The van der Waals surface area contributed by atoms with Gasteiger partial charge in [-0.15, -0.1) is 0 Å². The second kappa shape index (κ2) is 3.87. The van der Waals surface area contributed by atoms with Crippen molar-refractivity contribution in [1.29, 1.82) is 0 Å². The summed E-state index contributed by atoms with van der Waals surface area (Å²) in [5.41, 5.74) is 0. The van der Waals surface area contributed by atoms with Gasteiger partial charge >= 0.3 is 0 Å². The topological polar surface area (TPSA) is 36.8 Å². The summed E-state index contributed by atoms with van der Waals surface area (Å²) in [6.07, 6.45) is 0. The van der Waals surface area contributed by atoms with E-state index in [1.807, 2.05) is 0 Å². The van der Waals surface area contributed by atoms with E-state index >= 15 is 0 Å². The van der Waals surface area contributed by atoms with Crippen LogP contribution in [0.15, 0.2) is 0 Å². The highest BCUT2D eigenvalue weighted by atomic mass is 16.3. The van der Waals surface area contributed by atoms with Gasteiger partial charge in [-0.3, -0.25) is 0 Å². The number of hydrogen-bond donors (Lipinski definition) is 2. The Labute approximate surface area is 50.9 Å². The van der Waals surface area contributed by atoms with E-state index in [1.165, 1.54) is 0 Å². The second-order valence-electron chi connectivity index (χ2n) is 2.33. The first-order valence-corrected chi connectivity index (χ1v) is 2.95. The molecule has 0 saturated carbocycles. The highest BCUT2D eigenvalue weighted by Crippen LogP contribution is 1.93. The summed E-state index contributed by atoms with van der Waals surface area (Å²) in [7, 11) is 3.59. The van der Waals surface area contributed by atoms with E-state index in [2.05, 4.69) is 20.9 Å². The van der Waals surface area contributed by atoms with Gasteiger partial charge in [-0.25, -0.2) is 0 Å². The molecule has 8 heavy (non-hydrogen) atoms. The average molecular weight is 117 g/mol. The van der Waals surface area contributed by atoms with Crippen molar-refractivity contribution in [2.24, 2.45) is 5.92 Å². The Morgan fingerprint density at radius 1 is 1.62 bits per heavy atom. The van der Waals surface area contributed by atoms with Crippen molar-refractivity contribution < 1.29 is 10.4 Å². The Morgan fingerprint density at radius 3 is 2.12 bits per heavy atom. The van der Waals surface area contributed by atoms with Gasteiger partial charge in [0.2, 0.25) is 0 Å². The molecule has 0 heterocycles. The number of aliphatic hydroxyl groups is 1. The van der Waals surface area contributed by atoms with Gasteiger partial charge < -0.3 is 10.4 Å². The maximum atomic E-state index is 8.63. The summed E-state index contributed by atoms with van der Waals surface area (Å²) in [4.78, 5) is 0. The third kappa shape index (κ3) is 2.28. The highest BCUT2D eigenvalue weighted by molar-refractivity contribution is 4.54. The summed E-state index contributed by atoms with van der Waals surface area (Å²) >= 11 is 0. The standard InChI is InChI=1S/C6H15NO/c1-5(2)6(4-8)7-3/h5-6,8H,3-4,7H2,1-2H3/t6-/m0/s1. The molecule has 0 amide bonds. The zero-order valence-electron chi connectivity index (χ0n) is 5.59. The number of nitrogens with two attached hydrogens (primary N) is 1. The summed E-state index contributed by atoms with van der Waals surface area (Å²) in [5, 5.41) is 10.4. The quantitative estimate of drug-likeness (QED) is 0.474. The Kier molecular flexibility index (Phi) is 3.83. The molecule has 0 aliphatic rings. The number of hydrogen-bond acceptors (Lipinski definition) is 1. The molecule has 2 heteroatoms. The fraction of sp³-hybridized carbons (Fsp3) is 0.833. The predicted molar refractivity (Wildman–Crippen MR) is 33.0 cm³/mol. The van der Waals surface area contributed by atoms with E-state index in [4.69, 9.17) is 5.11 Å². The van der Waals surface area contributed by atoms with Crippen LogP contribution in [0.3, 0.4) is 0 Å². The molecule has 0 aliphatic heterocycles. The van der Waals surface area contributed by atoms with Crippen LogP contribution in [0.25, 0.3) is 0 Å². The molecule has 0 saturated heterocycles. The molecule has 0 bridgehead atoms. The van der Waals surface area contributed by atoms with E-state index in [1.54, 1.807) is 5.32 Å². The van der Waals surface area contributed by atoms with Crippen LogP contribution in [0.1, 0.15) is 13.8 Å². The zero-order valence-corrected chi connectivity index (χ0v) is 5.59. The number of quaternary nitrogens is 1. The van der Waals surface area contributed by atoms with Crippen molar-refractivity contribution in [2.75, 3.05) is 6.61 Å². The van der Waals surface area contributed by atoms with Crippen molar-refractivity contribution in [3.05, 3.63) is 7.05 Å². The summed E-state index contributed by atoms with van der Waals surface area (Å²) < 4.78 is 0. The lowest BCUT2D eigenvalue weighted by atomic mass is 10.1. The smallest absolute Gasteiger partial charge is 0.0930 e. The molecule has 0 aromatic rings. The van der Waals surface area contributed by atoms with E-state index in [0.717, 1.165) is 0 Å². The van der Waals surface area contributed by atoms with Crippen LogP contribution < -0.4 is 5.32 Å². The van der Waals surface area contributed by atoms with Crippen LogP contribution in [0.4, 0.5) is 0 Å². The molecule has 0 fully saturated rings. The average Bonchev–Trinajstić information content (AvgIpc) is 1.69. The normalized spacial score (nSPS) is 14.6.